The molecule has 0 aliphatic rings. The van der Waals surface area contributed by atoms with Crippen LogP contribution in [0.1, 0.15) is 17.0 Å². The number of para-hydroxylation sites is 1. The summed E-state index contributed by atoms with van der Waals surface area (Å²) >= 11 is 0. The van der Waals surface area contributed by atoms with Gasteiger partial charge in [0.05, 0.1) is 18.2 Å². The molecule has 114 valence electrons. The van der Waals surface area contributed by atoms with Gasteiger partial charge in [0.15, 0.2) is 0 Å². The Hall–Kier alpha value is -2.50. The topological polar surface area (TPSA) is 37.9 Å². The normalized spacial score (nSPS) is 11.8. The van der Waals surface area contributed by atoms with Crippen LogP contribution in [0.4, 0.5) is 13.2 Å². The Morgan fingerprint density at radius 1 is 1.14 bits per heavy atom. The third-order valence-corrected chi connectivity index (χ3v) is 3.37. The molecule has 1 N–H and O–H groups in total. The number of aromatic nitrogens is 2. The monoisotopic (exact) mass is 306 g/mol. The Balaban J connectivity index is 1.93. The first-order valence-corrected chi connectivity index (χ1v) is 6.65. The third-order valence-electron chi connectivity index (χ3n) is 3.37. The minimum atomic E-state index is -4.34. The molecule has 3 rings (SSSR count). The fourth-order valence-corrected chi connectivity index (χ4v) is 2.36. The molecule has 3 nitrogen and oxygen atoms in total. The standard InChI is InChI=1S/C16H13F3N2O/c1-22-13-7-3-6-12-15(13)21-14(20-12)9-10-4-2-5-11(8-10)16(17,18)19/h2-8H,9H2,1H3,(H,20,21). The van der Waals surface area contributed by atoms with E-state index >= 15 is 0 Å². The number of ether oxygens (including phenoxy) is 1. The van der Waals surface area contributed by atoms with E-state index in [1.165, 1.54) is 6.07 Å². The Morgan fingerprint density at radius 3 is 2.64 bits per heavy atom. The summed E-state index contributed by atoms with van der Waals surface area (Å²) in [5, 5.41) is 0. The van der Waals surface area contributed by atoms with Crippen molar-refractivity contribution in [3.63, 3.8) is 0 Å². The Bertz CT molecular complexity index is 809. The van der Waals surface area contributed by atoms with Gasteiger partial charge < -0.3 is 9.72 Å². The zero-order chi connectivity index (χ0) is 15.7. The number of aromatic amines is 1. The predicted molar refractivity (Wildman–Crippen MR) is 76.9 cm³/mol. The first kappa shape index (κ1) is 14.4. The number of methoxy groups -OCH3 is 1. The lowest BCUT2D eigenvalue weighted by molar-refractivity contribution is -0.137. The highest BCUT2D eigenvalue weighted by Gasteiger charge is 2.30. The van der Waals surface area contributed by atoms with Gasteiger partial charge in [-0.2, -0.15) is 13.2 Å². The van der Waals surface area contributed by atoms with Gasteiger partial charge in [0.2, 0.25) is 0 Å². The fraction of sp³-hybridized carbons (Fsp3) is 0.188. The van der Waals surface area contributed by atoms with E-state index in [4.69, 9.17) is 4.74 Å². The summed E-state index contributed by atoms with van der Waals surface area (Å²) in [6.45, 7) is 0. The molecular formula is C16H13F3N2O. The molecule has 0 aliphatic heterocycles. The van der Waals surface area contributed by atoms with Crippen LogP contribution in [-0.4, -0.2) is 17.1 Å². The van der Waals surface area contributed by atoms with Crippen molar-refractivity contribution in [2.75, 3.05) is 7.11 Å². The van der Waals surface area contributed by atoms with Crippen molar-refractivity contribution in [3.8, 4) is 5.75 Å². The van der Waals surface area contributed by atoms with E-state index in [9.17, 15) is 13.2 Å². The molecule has 6 heteroatoms. The van der Waals surface area contributed by atoms with Gasteiger partial charge in [-0.3, -0.25) is 0 Å². The Morgan fingerprint density at radius 2 is 1.91 bits per heavy atom. The molecule has 0 fully saturated rings. The van der Waals surface area contributed by atoms with E-state index < -0.39 is 11.7 Å². The van der Waals surface area contributed by atoms with Gasteiger partial charge in [0.25, 0.3) is 0 Å². The van der Waals surface area contributed by atoms with Gasteiger partial charge >= 0.3 is 6.18 Å². The number of nitrogens with one attached hydrogen (secondary N) is 1. The number of H-pyrrole nitrogens is 1. The lowest BCUT2D eigenvalue weighted by Crippen LogP contribution is -2.05. The second-order valence-electron chi connectivity index (χ2n) is 4.91. The summed E-state index contributed by atoms with van der Waals surface area (Å²) in [5.74, 6) is 1.22. The highest BCUT2D eigenvalue weighted by Crippen LogP contribution is 2.30. The zero-order valence-corrected chi connectivity index (χ0v) is 11.7. The first-order chi connectivity index (χ1) is 10.5. The minimum Gasteiger partial charge on any atom is -0.494 e. The van der Waals surface area contributed by atoms with E-state index in [1.807, 2.05) is 12.1 Å². The smallest absolute Gasteiger partial charge is 0.416 e. The number of imidazole rings is 1. The number of hydrogen-bond donors (Lipinski definition) is 1. The Kier molecular flexibility index (Phi) is 3.52. The molecule has 0 bridgehead atoms. The van der Waals surface area contributed by atoms with Crippen molar-refractivity contribution in [1.82, 2.24) is 9.97 Å². The summed E-state index contributed by atoms with van der Waals surface area (Å²) < 4.78 is 43.4. The van der Waals surface area contributed by atoms with Crippen molar-refractivity contribution < 1.29 is 17.9 Å². The molecule has 1 aromatic heterocycles. The molecule has 0 saturated heterocycles. The maximum Gasteiger partial charge on any atom is 0.416 e. The van der Waals surface area contributed by atoms with E-state index in [2.05, 4.69) is 9.97 Å². The molecule has 0 spiro atoms. The SMILES string of the molecule is COc1cccc2[nH]c(Cc3cccc(C(F)(F)F)c3)nc12. The number of alkyl halides is 3. The molecule has 2 aromatic carbocycles. The third kappa shape index (κ3) is 2.77. The second-order valence-corrected chi connectivity index (χ2v) is 4.91. The average molecular weight is 306 g/mol. The number of hydrogen-bond acceptors (Lipinski definition) is 2. The summed E-state index contributed by atoms with van der Waals surface area (Å²) in [6.07, 6.45) is -4.05. The second kappa shape index (κ2) is 5.36. The molecule has 0 saturated carbocycles. The zero-order valence-electron chi connectivity index (χ0n) is 11.7. The van der Waals surface area contributed by atoms with Crippen LogP contribution in [0.3, 0.4) is 0 Å². The van der Waals surface area contributed by atoms with Crippen LogP contribution in [0.2, 0.25) is 0 Å². The summed E-state index contributed by atoms with van der Waals surface area (Å²) in [6, 6.07) is 10.7. The molecule has 0 aliphatic carbocycles. The van der Waals surface area contributed by atoms with Crippen LogP contribution in [0.5, 0.6) is 5.75 Å². The lowest BCUT2D eigenvalue weighted by atomic mass is 10.1. The number of benzene rings is 2. The highest BCUT2D eigenvalue weighted by molar-refractivity contribution is 5.81. The maximum absolute atomic E-state index is 12.7. The summed E-state index contributed by atoms with van der Waals surface area (Å²) in [7, 11) is 1.55. The van der Waals surface area contributed by atoms with E-state index in [-0.39, 0.29) is 0 Å². The van der Waals surface area contributed by atoms with E-state index in [0.29, 0.717) is 29.1 Å². The van der Waals surface area contributed by atoms with Crippen molar-refractivity contribution in [2.24, 2.45) is 0 Å². The molecule has 1 heterocycles. The minimum absolute atomic E-state index is 0.293. The van der Waals surface area contributed by atoms with Crippen LogP contribution >= 0.6 is 0 Å². The van der Waals surface area contributed by atoms with Crippen LogP contribution in [0.15, 0.2) is 42.5 Å². The van der Waals surface area contributed by atoms with Gasteiger partial charge in [-0.1, -0.05) is 24.3 Å². The number of nitrogens with zero attached hydrogens (tertiary/aromatic N) is 1. The highest BCUT2D eigenvalue weighted by atomic mass is 19.4. The van der Waals surface area contributed by atoms with Crippen LogP contribution in [-0.2, 0) is 12.6 Å². The quantitative estimate of drug-likeness (QED) is 0.788. The van der Waals surface area contributed by atoms with Crippen molar-refractivity contribution >= 4 is 11.0 Å². The average Bonchev–Trinajstić information content (AvgIpc) is 2.88. The van der Waals surface area contributed by atoms with Crippen molar-refractivity contribution in [3.05, 3.63) is 59.4 Å². The van der Waals surface area contributed by atoms with Crippen LogP contribution < -0.4 is 4.74 Å². The molecule has 0 amide bonds. The number of halogens is 3. The molecule has 0 atom stereocenters. The molecule has 22 heavy (non-hydrogen) atoms. The number of fused-ring (bicyclic) bond motifs is 1. The van der Waals surface area contributed by atoms with Gasteiger partial charge in [-0.15, -0.1) is 0 Å². The fourth-order valence-electron chi connectivity index (χ4n) is 2.36. The van der Waals surface area contributed by atoms with Gasteiger partial charge in [0.1, 0.15) is 17.1 Å². The first-order valence-electron chi connectivity index (χ1n) is 6.65. The summed E-state index contributed by atoms with van der Waals surface area (Å²) in [5.41, 5.74) is 1.36. The molecule has 3 aromatic rings. The Labute approximate surface area is 124 Å². The molecule has 0 radical (unpaired) electrons. The van der Waals surface area contributed by atoms with Crippen molar-refractivity contribution in [1.29, 1.82) is 0 Å². The van der Waals surface area contributed by atoms with Crippen LogP contribution in [0.25, 0.3) is 11.0 Å². The lowest BCUT2D eigenvalue weighted by Gasteiger charge is -2.07. The number of rotatable bonds is 3. The van der Waals surface area contributed by atoms with Gasteiger partial charge in [-0.05, 0) is 23.8 Å². The van der Waals surface area contributed by atoms with Gasteiger partial charge in [0, 0.05) is 6.42 Å². The van der Waals surface area contributed by atoms with E-state index in [1.54, 1.807) is 19.2 Å². The summed E-state index contributed by atoms with van der Waals surface area (Å²) in [4.78, 5) is 7.51. The predicted octanol–water partition coefficient (Wildman–Crippen LogP) is 4.18. The van der Waals surface area contributed by atoms with Crippen LogP contribution in [0, 0.1) is 0 Å². The van der Waals surface area contributed by atoms with E-state index in [0.717, 1.165) is 17.6 Å². The van der Waals surface area contributed by atoms with Gasteiger partial charge in [-0.25, -0.2) is 4.98 Å². The molecule has 0 unspecified atom stereocenters. The maximum atomic E-state index is 12.7. The van der Waals surface area contributed by atoms with Crippen molar-refractivity contribution in [2.45, 2.75) is 12.6 Å². The largest absolute Gasteiger partial charge is 0.494 e. The molecular weight excluding hydrogens is 293 g/mol.